The van der Waals surface area contributed by atoms with Gasteiger partial charge in [-0.25, -0.2) is 0 Å². The summed E-state index contributed by atoms with van der Waals surface area (Å²) in [5, 5.41) is 3.53. The molecule has 4 rings (SSSR count). The van der Waals surface area contributed by atoms with Gasteiger partial charge in [-0.1, -0.05) is 12.1 Å². The third kappa shape index (κ3) is 4.03. The Bertz CT molecular complexity index is 902. The number of hydrogen-bond acceptors (Lipinski definition) is 4. The summed E-state index contributed by atoms with van der Waals surface area (Å²) in [7, 11) is 1.66. The number of nitrogens with zero attached hydrogens (tertiary/aromatic N) is 1. The Kier molecular flexibility index (Phi) is 5.33. The van der Waals surface area contributed by atoms with Crippen LogP contribution in [0.2, 0.25) is 0 Å². The summed E-state index contributed by atoms with van der Waals surface area (Å²) in [6.07, 6.45) is 3.69. The fourth-order valence-electron chi connectivity index (χ4n) is 3.60. The number of methoxy groups -OCH3 is 1. The summed E-state index contributed by atoms with van der Waals surface area (Å²) in [5.41, 5.74) is 2.72. The number of rotatable bonds is 5. The summed E-state index contributed by atoms with van der Waals surface area (Å²) in [5.74, 6) is 1.72. The van der Waals surface area contributed by atoms with E-state index in [0.29, 0.717) is 12.1 Å². The molecule has 1 atom stereocenters. The van der Waals surface area contributed by atoms with Gasteiger partial charge >= 0.3 is 0 Å². The zero-order chi connectivity index (χ0) is 19.3. The van der Waals surface area contributed by atoms with Crippen molar-refractivity contribution in [3.63, 3.8) is 0 Å². The Morgan fingerprint density at radius 2 is 1.89 bits per heavy atom. The molecule has 0 spiro atoms. The predicted molar refractivity (Wildman–Crippen MR) is 110 cm³/mol. The summed E-state index contributed by atoms with van der Waals surface area (Å²) in [6, 6.07) is 19.5. The minimum absolute atomic E-state index is 0.0761. The highest BCUT2D eigenvalue weighted by molar-refractivity contribution is 5.94. The number of hydrogen-bond donors (Lipinski definition) is 1. The first-order valence-corrected chi connectivity index (χ1v) is 9.57. The van der Waals surface area contributed by atoms with E-state index in [1.54, 1.807) is 13.4 Å². The van der Waals surface area contributed by atoms with Gasteiger partial charge in [0.05, 0.1) is 13.4 Å². The van der Waals surface area contributed by atoms with E-state index in [1.165, 1.54) is 0 Å². The number of nitrogens with one attached hydrogen (secondary N) is 1. The Balaban J connectivity index is 1.40. The number of furan rings is 1. The molecule has 1 amide bonds. The van der Waals surface area contributed by atoms with Crippen molar-refractivity contribution in [2.45, 2.75) is 18.9 Å². The Hall–Kier alpha value is -3.21. The number of benzene rings is 2. The van der Waals surface area contributed by atoms with Gasteiger partial charge in [-0.05, 0) is 61.4 Å². The smallest absolute Gasteiger partial charge is 0.253 e. The molecule has 28 heavy (non-hydrogen) atoms. The van der Waals surface area contributed by atoms with Crippen LogP contribution in [-0.4, -0.2) is 37.0 Å². The van der Waals surface area contributed by atoms with Crippen molar-refractivity contribution in [3.05, 3.63) is 72.5 Å². The average molecular weight is 376 g/mol. The Morgan fingerprint density at radius 1 is 1.11 bits per heavy atom. The SMILES string of the molecule is COc1ccc(NC2CCCN(C(=O)c3ccc(-c4ccco4)cc3)C2)cc1. The highest BCUT2D eigenvalue weighted by Crippen LogP contribution is 2.23. The monoisotopic (exact) mass is 376 g/mol. The van der Waals surface area contributed by atoms with Gasteiger partial charge in [0, 0.05) is 35.9 Å². The van der Waals surface area contributed by atoms with Gasteiger partial charge in [0.1, 0.15) is 11.5 Å². The molecule has 144 valence electrons. The predicted octanol–water partition coefficient (Wildman–Crippen LogP) is 4.67. The van der Waals surface area contributed by atoms with Gasteiger partial charge in [0.15, 0.2) is 0 Å². The molecule has 0 aliphatic carbocycles. The molecule has 1 saturated heterocycles. The van der Waals surface area contributed by atoms with E-state index in [1.807, 2.05) is 65.6 Å². The lowest BCUT2D eigenvalue weighted by molar-refractivity contribution is 0.0715. The van der Waals surface area contributed by atoms with E-state index in [0.717, 1.165) is 42.1 Å². The first-order valence-electron chi connectivity index (χ1n) is 9.57. The van der Waals surface area contributed by atoms with Crippen LogP contribution in [-0.2, 0) is 0 Å². The van der Waals surface area contributed by atoms with Gasteiger partial charge in [0.25, 0.3) is 5.91 Å². The normalized spacial score (nSPS) is 16.6. The zero-order valence-electron chi connectivity index (χ0n) is 15.9. The summed E-state index contributed by atoms with van der Waals surface area (Å²) in [4.78, 5) is 14.9. The lowest BCUT2D eigenvalue weighted by Gasteiger charge is -2.33. The second kappa shape index (κ2) is 8.21. The lowest BCUT2D eigenvalue weighted by atomic mass is 10.0. The van der Waals surface area contributed by atoms with E-state index in [-0.39, 0.29) is 11.9 Å². The number of carbonyl (C=O) groups excluding carboxylic acids is 1. The maximum Gasteiger partial charge on any atom is 0.253 e. The minimum atomic E-state index is 0.0761. The molecule has 0 saturated carbocycles. The summed E-state index contributed by atoms with van der Waals surface area (Å²) >= 11 is 0. The summed E-state index contributed by atoms with van der Waals surface area (Å²) < 4.78 is 10.6. The number of carbonyl (C=O) groups is 1. The first kappa shape index (κ1) is 18.2. The molecule has 5 nitrogen and oxygen atoms in total. The van der Waals surface area contributed by atoms with Crippen molar-refractivity contribution in [2.24, 2.45) is 0 Å². The van der Waals surface area contributed by atoms with Crippen molar-refractivity contribution in [1.82, 2.24) is 4.90 Å². The average Bonchev–Trinajstić information content (AvgIpc) is 3.29. The molecule has 1 aliphatic rings. The zero-order valence-corrected chi connectivity index (χ0v) is 15.9. The van der Waals surface area contributed by atoms with Gasteiger partial charge in [-0.2, -0.15) is 0 Å². The number of likely N-dealkylation sites (tertiary alicyclic amines) is 1. The molecule has 0 bridgehead atoms. The summed E-state index contributed by atoms with van der Waals surface area (Å²) in [6.45, 7) is 1.49. The molecule has 1 aliphatic heterocycles. The van der Waals surface area contributed by atoms with E-state index in [4.69, 9.17) is 9.15 Å². The van der Waals surface area contributed by atoms with Crippen LogP contribution in [0.15, 0.2) is 71.3 Å². The van der Waals surface area contributed by atoms with Gasteiger partial charge in [-0.3, -0.25) is 4.79 Å². The molecule has 2 heterocycles. The number of anilines is 1. The van der Waals surface area contributed by atoms with Crippen LogP contribution >= 0.6 is 0 Å². The van der Waals surface area contributed by atoms with Crippen molar-refractivity contribution in [3.8, 4) is 17.1 Å². The number of ether oxygens (including phenoxy) is 1. The van der Waals surface area contributed by atoms with Gasteiger partial charge in [0.2, 0.25) is 0 Å². The van der Waals surface area contributed by atoms with Crippen LogP contribution in [0.5, 0.6) is 5.75 Å². The Labute approximate surface area is 164 Å². The van der Waals surface area contributed by atoms with Crippen molar-refractivity contribution in [2.75, 3.05) is 25.5 Å². The molecule has 5 heteroatoms. The first-order chi connectivity index (χ1) is 13.7. The maximum absolute atomic E-state index is 12.9. The standard InChI is InChI=1S/C23H24N2O3/c1-27-21-12-10-19(11-13-21)24-20-4-2-14-25(16-20)23(26)18-8-6-17(7-9-18)22-5-3-15-28-22/h3,5-13,15,20,24H,2,4,14,16H2,1H3. The van der Waals surface area contributed by atoms with Gasteiger partial charge < -0.3 is 19.4 Å². The molecule has 1 unspecified atom stereocenters. The van der Waals surface area contributed by atoms with Crippen molar-refractivity contribution < 1.29 is 13.9 Å². The fourth-order valence-corrected chi connectivity index (χ4v) is 3.60. The lowest BCUT2D eigenvalue weighted by Crippen LogP contribution is -2.45. The molecular weight excluding hydrogens is 352 g/mol. The fraction of sp³-hybridized carbons (Fsp3) is 0.261. The highest BCUT2D eigenvalue weighted by Gasteiger charge is 2.24. The van der Waals surface area contributed by atoms with Crippen LogP contribution < -0.4 is 10.1 Å². The van der Waals surface area contributed by atoms with Crippen LogP contribution in [0.25, 0.3) is 11.3 Å². The molecule has 3 aromatic rings. The van der Waals surface area contributed by atoms with E-state index in [2.05, 4.69) is 5.32 Å². The topological polar surface area (TPSA) is 54.7 Å². The molecular formula is C23H24N2O3. The highest BCUT2D eigenvalue weighted by atomic mass is 16.5. The number of amides is 1. The van der Waals surface area contributed by atoms with Crippen LogP contribution in [0.1, 0.15) is 23.2 Å². The number of piperidine rings is 1. The second-order valence-electron chi connectivity index (χ2n) is 7.02. The van der Waals surface area contributed by atoms with Crippen molar-refractivity contribution >= 4 is 11.6 Å². The molecule has 1 aromatic heterocycles. The van der Waals surface area contributed by atoms with E-state index >= 15 is 0 Å². The van der Waals surface area contributed by atoms with E-state index in [9.17, 15) is 4.79 Å². The van der Waals surface area contributed by atoms with Gasteiger partial charge in [-0.15, -0.1) is 0 Å². The second-order valence-corrected chi connectivity index (χ2v) is 7.02. The Morgan fingerprint density at radius 3 is 2.57 bits per heavy atom. The van der Waals surface area contributed by atoms with Crippen LogP contribution in [0.3, 0.4) is 0 Å². The van der Waals surface area contributed by atoms with Crippen LogP contribution in [0.4, 0.5) is 5.69 Å². The molecule has 0 radical (unpaired) electrons. The van der Waals surface area contributed by atoms with Crippen molar-refractivity contribution in [1.29, 1.82) is 0 Å². The molecule has 1 N–H and O–H groups in total. The quantitative estimate of drug-likeness (QED) is 0.703. The molecule has 2 aromatic carbocycles. The molecule has 1 fully saturated rings. The van der Waals surface area contributed by atoms with Crippen LogP contribution in [0, 0.1) is 0 Å². The third-order valence-electron chi connectivity index (χ3n) is 5.11. The largest absolute Gasteiger partial charge is 0.497 e. The third-order valence-corrected chi connectivity index (χ3v) is 5.11. The van der Waals surface area contributed by atoms with E-state index < -0.39 is 0 Å². The minimum Gasteiger partial charge on any atom is -0.497 e. The maximum atomic E-state index is 12.9.